The molecule has 0 spiro atoms. The second kappa shape index (κ2) is 5.31. The van der Waals surface area contributed by atoms with Crippen LogP contribution in [-0.4, -0.2) is 9.78 Å². The number of hydrogen-bond acceptors (Lipinski definition) is 1. The fourth-order valence-electron chi connectivity index (χ4n) is 3.96. The fourth-order valence-corrected chi connectivity index (χ4v) is 4.51. The van der Waals surface area contributed by atoms with E-state index >= 15 is 0 Å². The SMILES string of the molecule is Cc1cccc(-n2ncc3c2-c2c(Br)cccc2C(C)(C)C3(C)C)c1. The molecule has 128 valence electrons. The summed E-state index contributed by atoms with van der Waals surface area (Å²) in [6, 6.07) is 15.1. The van der Waals surface area contributed by atoms with Gasteiger partial charge in [-0.2, -0.15) is 5.10 Å². The normalized spacial score (nSPS) is 17.0. The van der Waals surface area contributed by atoms with E-state index < -0.39 is 0 Å². The lowest BCUT2D eigenvalue weighted by Gasteiger charge is -2.47. The van der Waals surface area contributed by atoms with E-state index in [0.717, 1.165) is 10.2 Å². The molecule has 0 radical (unpaired) electrons. The average Bonchev–Trinajstić information content (AvgIpc) is 2.99. The summed E-state index contributed by atoms with van der Waals surface area (Å²) < 4.78 is 3.23. The minimum atomic E-state index is -0.0157. The van der Waals surface area contributed by atoms with Crippen LogP contribution >= 0.6 is 15.9 Å². The number of hydrogen-bond donors (Lipinski definition) is 0. The summed E-state index contributed by atoms with van der Waals surface area (Å²) >= 11 is 3.81. The number of nitrogens with zero attached hydrogens (tertiary/aromatic N) is 2. The molecule has 0 N–H and O–H groups in total. The standard InChI is InChI=1S/C22H23BrN2/c1-14-8-6-9-15(12-14)25-20-17(13-24-25)22(4,5)21(2,3)16-10-7-11-18(23)19(16)20/h6-13H,1-5H3. The molecular formula is C22H23BrN2. The van der Waals surface area contributed by atoms with Crippen molar-refractivity contribution in [3.8, 4) is 16.9 Å². The largest absolute Gasteiger partial charge is 0.233 e. The molecule has 4 rings (SSSR count). The van der Waals surface area contributed by atoms with Gasteiger partial charge in [-0.15, -0.1) is 0 Å². The van der Waals surface area contributed by atoms with Crippen molar-refractivity contribution >= 4 is 15.9 Å². The molecular weight excluding hydrogens is 372 g/mol. The van der Waals surface area contributed by atoms with Crippen molar-refractivity contribution in [1.29, 1.82) is 0 Å². The molecule has 1 heterocycles. The van der Waals surface area contributed by atoms with Gasteiger partial charge in [0.05, 0.1) is 17.6 Å². The van der Waals surface area contributed by atoms with Crippen molar-refractivity contribution < 1.29 is 0 Å². The van der Waals surface area contributed by atoms with E-state index in [1.807, 2.05) is 0 Å². The number of aromatic nitrogens is 2. The zero-order valence-corrected chi connectivity index (χ0v) is 17.0. The van der Waals surface area contributed by atoms with E-state index in [1.54, 1.807) is 0 Å². The number of benzene rings is 2. The van der Waals surface area contributed by atoms with Crippen LogP contribution in [0.5, 0.6) is 0 Å². The van der Waals surface area contributed by atoms with Crippen LogP contribution in [0.25, 0.3) is 16.9 Å². The van der Waals surface area contributed by atoms with Gasteiger partial charge in [-0.1, -0.05) is 67.9 Å². The maximum Gasteiger partial charge on any atom is 0.0793 e. The fraction of sp³-hybridized carbons (Fsp3) is 0.318. The smallest absolute Gasteiger partial charge is 0.0793 e. The Hall–Kier alpha value is -1.87. The lowest BCUT2D eigenvalue weighted by atomic mass is 9.57. The Morgan fingerprint density at radius 3 is 2.32 bits per heavy atom. The molecule has 0 unspecified atom stereocenters. The summed E-state index contributed by atoms with van der Waals surface area (Å²) in [5, 5.41) is 4.81. The van der Waals surface area contributed by atoms with Gasteiger partial charge in [-0.25, -0.2) is 4.68 Å². The van der Waals surface area contributed by atoms with Crippen molar-refractivity contribution in [3.05, 3.63) is 69.8 Å². The van der Waals surface area contributed by atoms with Gasteiger partial charge in [0.15, 0.2) is 0 Å². The molecule has 0 atom stereocenters. The minimum Gasteiger partial charge on any atom is -0.233 e. The van der Waals surface area contributed by atoms with Gasteiger partial charge in [0.25, 0.3) is 0 Å². The zero-order chi connectivity index (χ0) is 18.0. The number of aryl methyl sites for hydroxylation is 1. The molecule has 2 nitrogen and oxygen atoms in total. The third kappa shape index (κ3) is 2.18. The third-order valence-corrected chi connectivity index (χ3v) is 6.84. The minimum absolute atomic E-state index is 0.0135. The Kier molecular flexibility index (Phi) is 3.52. The van der Waals surface area contributed by atoms with Gasteiger partial charge in [-0.3, -0.25) is 0 Å². The van der Waals surface area contributed by atoms with Gasteiger partial charge < -0.3 is 0 Å². The highest BCUT2D eigenvalue weighted by atomic mass is 79.9. The first kappa shape index (κ1) is 16.6. The second-order valence-electron chi connectivity index (χ2n) is 8.07. The summed E-state index contributed by atoms with van der Waals surface area (Å²) in [6.07, 6.45) is 2.06. The summed E-state index contributed by atoms with van der Waals surface area (Å²) in [4.78, 5) is 0. The Bertz CT molecular complexity index is 979. The summed E-state index contributed by atoms with van der Waals surface area (Å²) in [5.74, 6) is 0. The van der Waals surface area contributed by atoms with Gasteiger partial charge in [0.2, 0.25) is 0 Å². The molecule has 0 bridgehead atoms. The highest BCUT2D eigenvalue weighted by Crippen LogP contribution is 2.55. The maximum atomic E-state index is 4.81. The van der Waals surface area contributed by atoms with Crippen molar-refractivity contribution in [3.63, 3.8) is 0 Å². The van der Waals surface area contributed by atoms with E-state index in [1.165, 1.54) is 27.9 Å². The van der Waals surface area contributed by atoms with Gasteiger partial charge in [-0.05, 0) is 41.7 Å². The van der Waals surface area contributed by atoms with E-state index in [4.69, 9.17) is 5.10 Å². The summed E-state index contributed by atoms with van der Waals surface area (Å²) in [6.45, 7) is 11.5. The molecule has 1 aliphatic carbocycles. The molecule has 1 aromatic heterocycles. The van der Waals surface area contributed by atoms with E-state index in [2.05, 4.69) is 104 Å². The maximum absolute atomic E-state index is 4.81. The van der Waals surface area contributed by atoms with Crippen molar-refractivity contribution in [2.24, 2.45) is 0 Å². The lowest BCUT2D eigenvalue weighted by molar-refractivity contribution is 0.298. The number of halogens is 1. The second-order valence-corrected chi connectivity index (χ2v) is 8.92. The van der Waals surface area contributed by atoms with Gasteiger partial charge >= 0.3 is 0 Å². The highest BCUT2D eigenvalue weighted by Gasteiger charge is 2.48. The third-order valence-electron chi connectivity index (χ3n) is 6.18. The first-order valence-corrected chi connectivity index (χ1v) is 9.49. The number of rotatable bonds is 1. The topological polar surface area (TPSA) is 17.8 Å². The van der Waals surface area contributed by atoms with Crippen LogP contribution in [0.1, 0.15) is 44.4 Å². The highest BCUT2D eigenvalue weighted by molar-refractivity contribution is 9.10. The van der Waals surface area contributed by atoms with Crippen LogP contribution in [0.15, 0.2) is 53.1 Å². The van der Waals surface area contributed by atoms with E-state index in [-0.39, 0.29) is 10.8 Å². The average molecular weight is 395 g/mol. The predicted octanol–water partition coefficient (Wildman–Crippen LogP) is 6.18. The van der Waals surface area contributed by atoms with Gasteiger partial charge in [0, 0.05) is 21.0 Å². The molecule has 2 aromatic carbocycles. The first-order valence-electron chi connectivity index (χ1n) is 8.70. The molecule has 1 aliphatic rings. The van der Waals surface area contributed by atoms with Crippen LogP contribution < -0.4 is 0 Å². The van der Waals surface area contributed by atoms with Crippen LogP contribution in [0.2, 0.25) is 0 Å². The first-order chi connectivity index (χ1) is 11.7. The molecule has 0 saturated heterocycles. The molecule has 25 heavy (non-hydrogen) atoms. The van der Waals surface area contributed by atoms with E-state index in [9.17, 15) is 0 Å². The summed E-state index contributed by atoms with van der Waals surface area (Å²) in [5.41, 5.74) is 7.49. The molecule has 3 heteroatoms. The Labute approximate surface area is 158 Å². The predicted molar refractivity (Wildman–Crippen MR) is 107 cm³/mol. The van der Waals surface area contributed by atoms with Crippen molar-refractivity contribution in [2.45, 2.75) is 45.4 Å². The quantitative estimate of drug-likeness (QED) is 0.481. The van der Waals surface area contributed by atoms with Crippen molar-refractivity contribution in [2.75, 3.05) is 0 Å². The van der Waals surface area contributed by atoms with Gasteiger partial charge in [0.1, 0.15) is 0 Å². The summed E-state index contributed by atoms with van der Waals surface area (Å²) in [7, 11) is 0. The monoisotopic (exact) mass is 394 g/mol. The lowest BCUT2D eigenvalue weighted by Crippen LogP contribution is -2.43. The van der Waals surface area contributed by atoms with Crippen molar-refractivity contribution in [1.82, 2.24) is 9.78 Å². The van der Waals surface area contributed by atoms with E-state index in [0.29, 0.717) is 0 Å². The molecule has 3 aromatic rings. The Morgan fingerprint density at radius 2 is 1.60 bits per heavy atom. The molecule has 0 aliphatic heterocycles. The van der Waals surface area contributed by atoms with Crippen LogP contribution in [0.4, 0.5) is 0 Å². The zero-order valence-electron chi connectivity index (χ0n) is 15.4. The number of fused-ring (bicyclic) bond motifs is 3. The molecule has 0 saturated carbocycles. The molecule has 0 fully saturated rings. The molecule has 0 amide bonds. The Balaban J connectivity index is 2.10. The van der Waals surface area contributed by atoms with Crippen LogP contribution in [0, 0.1) is 6.92 Å². The van der Waals surface area contributed by atoms with Crippen LogP contribution in [-0.2, 0) is 10.8 Å². The Morgan fingerprint density at radius 1 is 0.920 bits per heavy atom. The van der Waals surface area contributed by atoms with Crippen LogP contribution in [0.3, 0.4) is 0 Å².